The Labute approximate surface area is 366 Å². The molecule has 0 fully saturated rings. The SMILES string of the molecule is CC(=O)O.C[C@@H](N)C(=O)N[C@@H](CO)C(=O)N[C@H](C(=O)N[C@H](C(=O)N[C@H](C(=O)N[C@@H](CC(N)=O)C(=O)N[C@@H](Cc1ccc(O)cc1)C(=O)N[C@H](C(N)=O)[C@@H](C)O)[C@@H](C)O)[C@@H](C)O)[C@@H](C)O. The summed E-state index contributed by atoms with van der Waals surface area (Å²) < 4.78 is 0. The minimum atomic E-state index is -1.98. The Balaban J connectivity index is 0.00000948. The van der Waals surface area contributed by atoms with Gasteiger partial charge in [-0.3, -0.25) is 47.9 Å². The van der Waals surface area contributed by atoms with Crippen molar-refractivity contribution in [3.05, 3.63) is 29.8 Å². The number of aliphatic carboxylic acids is 1. The van der Waals surface area contributed by atoms with Crippen molar-refractivity contribution >= 4 is 59.1 Å². The van der Waals surface area contributed by atoms with Crippen LogP contribution in [0.2, 0.25) is 0 Å². The molecule has 0 saturated heterocycles. The highest BCUT2D eigenvalue weighted by Gasteiger charge is 2.38. The molecule has 12 atom stereocenters. The number of phenols is 1. The standard InChI is InChI=1S/C35H56N10O15.C2H4O2/c1-13(36)29(54)41-22(12-46)32(57)43-26(16(4)49)34(59)45-27(17(5)50)35(60)44-25(15(3)48)33(58)40-21(11-23(37)52)30(55)39-20(10-18-6-8-19(51)9-7-18)31(56)42-24(14(2)47)28(38)53;1-2(3)4/h6-9,13-17,20-22,24-27,46-51H,10-12,36H2,1-5H3,(H2,37,52)(H2,38,53)(H,39,55)(H,40,58)(H,41,54)(H,42,56)(H,43,57)(H,44,60)(H,45,59);1H3,(H,3,4)/t13-,14-,15-,16-,17-,20+,21+,22+,24+,25+,26+,27+;/m1./s1. The number of carbonyl (C=O) groups is 10. The number of carbonyl (C=O) groups excluding carboxylic acids is 9. The lowest BCUT2D eigenvalue weighted by Crippen LogP contribution is -2.64. The molecule has 0 saturated carbocycles. The van der Waals surface area contributed by atoms with Crippen LogP contribution in [0.3, 0.4) is 0 Å². The fourth-order valence-electron chi connectivity index (χ4n) is 5.16. The third-order valence-corrected chi connectivity index (χ3v) is 8.55. The predicted molar refractivity (Wildman–Crippen MR) is 219 cm³/mol. The summed E-state index contributed by atoms with van der Waals surface area (Å²) in [4.78, 5) is 125. The molecule has 0 bridgehead atoms. The zero-order valence-corrected chi connectivity index (χ0v) is 35.8. The van der Waals surface area contributed by atoms with Gasteiger partial charge in [0.15, 0.2) is 0 Å². The van der Waals surface area contributed by atoms with Crippen LogP contribution >= 0.6 is 0 Å². The molecule has 0 aliphatic heterocycles. The van der Waals surface area contributed by atoms with Gasteiger partial charge in [-0.2, -0.15) is 0 Å². The fourth-order valence-corrected chi connectivity index (χ4v) is 5.16. The maximum absolute atomic E-state index is 13.6. The average Bonchev–Trinajstić information content (AvgIpc) is 3.17. The molecule has 0 radical (unpaired) electrons. The number of aliphatic hydroxyl groups is 5. The van der Waals surface area contributed by atoms with Crippen LogP contribution in [0, 0.1) is 0 Å². The van der Waals surface area contributed by atoms with Crippen molar-refractivity contribution in [2.24, 2.45) is 17.2 Å². The van der Waals surface area contributed by atoms with Crippen LogP contribution in [0.25, 0.3) is 0 Å². The summed E-state index contributed by atoms with van der Waals surface area (Å²) in [5.41, 5.74) is 16.4. The Morgan fingerprint density at radius 1 is 0.531 bits per heavy atom. The highest BCUT2D eigenvalue weighted by Crippen LogP contribution is 2.12. The second kappa shape index (κ2) is 27.5. The Morgan fingerprint density at radius 3 is 1.22 bits per heavy atom. The molecule has 1 aromatic rings. The van der Waals surface area contributed by atoms with Crippen molar-refractivity contribution in [3.8, 4) is 5.75 Å². The first-order chi connectivity index (χ1) is 29.5. The lowest BCUT2D eigenvalue weighted by molar-refractivity contribution is -0.139. The average molecular weight is 917 g/mol. The summed E-state index contributed by atoms with van der Waals surface area (Å²) in [5.74, 6) is -11.4. The molecule has 20 N–H and O–H groups in total. The maximum atomic E-state index is 13.6. The van der Waals surface area contributed by atoms with Gasteiger partial charge < -0.3 is 90.2 Å². The molecule has 0 aliphatic rings. The zero-order valence-electron chi connectivity index (χ0n) is 35.8. The van der Waals surface area contributed by atoms with Gasteiger partial charge in [-0.1, -0.05) is 12.1 Å². The van der Waals surface area contributed by atoms with E-state index < -0.39 is 145 Å². The minimum absolute atomic E-state index is 0.135. The third kappa shape index (κ3) is 20.6. The van der Waals surface area contributed by atoms with E-state index in [1.165, 1.54) is 31.2 Å². The van der Waals surface area contributed by atoms with Crippen LogP contribution in [-0.4, -0.2) is 174 Å². The molecule has 0 aromatic heterocycles. The second-order valence-corrected chi connectivity index (χ2v) is 14.5. The first kappa shape index (κ1) is 57.5. The molecule has 27 heteroatoms. The minimum Gasteiger partial charge on any atom is -0.508 e. The number of nitrogens with one attached hydrogen (secondary N) is 7. The van der Waals surface area contributed by atoms with Crippen molar-refractivity contribution in [2.75, 3.05) is 6.61 Å². The molecule has 0 aliphatic carbocycles. The van der Waals surface area contributed by atoms with E-state index in [2.05, 4.69) is 37.2 Å². The summed E-state index contributed by atoms with van der Waals surface area (Å²) in [6.45, 7) is 5.72. The smallest absolute Gasteiger partial charge is 0.300 e. The molecular weight excluding hydrogens is 856 g/mol. The number of aromatic hydroxyl groups is 1. The predicted octanol–water partition coefficient (Wildman–Crippen LogP) is -8.36. The molecule has 1 aromatic carbocycles. The van der Waals surface area contributed by atoms with Crippen molar-refractivity contribution in [1.29, 1.82) is 0 Å². The van der Waals surface area contributed by atoms with Crippen molar-refractivity contribution in [2.45, 2.75) is 127 Å². The first-order valence-corrected chi connectivity index (χ1v) is 19.3. The third-order valence-electron chi connectivity index (χ3n) is 8.55. The lowest BCUT2D eigenvalue weighted by atomic mass is 10.0. The number of carboxylic acids is 1. The number of hydrogen-bond donors (Lipinski definition) is 17. The van der Waals surface area contributed by atoms with Gasteiger partial charge in [-0.15, -0.1) is 0 Å². The van der Waals surface area contributed by atoms with Gasteiger partial charge in [0.1, 0.15) is 48.0 Å². The largest absolute Gasteiger partial charge is 0.508 e. The number of nitrogens with two attached hydrogens (primary N) is 3. The number of benzene rings is 1. The van der Waals surface area contributed by atoms with E-state index in [0.29, 0.717) is 5.56 Å². The summed E-state index contributed by atoms with van der Waals surface area (Å²) >= 11 is 0. The van der Waals surface area contributed by atoms with E-state index in [-0.39, 0.29) is 12.2 Å². The number of carboxylic acid groups (broad SMARTS) is 1. The molecule has 64 heavy (non-hydrogen) atoms. The lowest BCUT2D eigenvalue weighted by Gasteiger charge is -2.29. The quantitative estimate of drug-likeness (QED) is 0.0458. The Bertz CT molecular complexity index is 1790. The summed E-state index contributed by atoms with van der Waals surface area (Å²) in [7, 11) is 0. The van der Waals surface area contributed by atoms with E-state index in [1.54, 1.807) is 0 Å². The Kier molecular flexibility index (Phi) is 24.7. The van der Waals surface area contributed by atoms with E-state index in [9.17, 15) is 73.8 Å². The number of aliphatic hydroxyl groups excluding tert-OH is 5. The monoisotopic (exact) mass is 916 g/mol. The topological polar surface area (TPSA) is 475 Å². The van der Waals surface area contributed by atoms with E-state index >= 15 is 0 Å². The first-order valence-electron chi connectivity index (χ1n) is 19.3. The van der Waals surface area contributed by atoms with Crippen LogP contribution in [0.15, 0.2) is 24.3 Å². The number of phenolic OH excluding ortho intramolecular Hbond substituents is 1. The molecule has 0 unspecified atom stereocenters. The van der Waals surface area contributed by atoms with E-state index in [4.69, 9.17) is 27.1 Å². The number of primary amides is 2. The van der Waals surface area contributed by atoms with Gasteiger partial charge >= 0.3 is 0 Å². The number of amides is 9. The van der Waals surface area contributed by atoms with Crippen LogP contribution in [0.4, 0.5) is 0 Å². The highest BCUT2D eigenvalue weighted by atomic mass is 16.4. The zero-order chi connectivity index (χ0) is 49.8. The molecule has 27 nitrogen and oxygen atoms in total. The Hall–Kier alpha value is -6.52. The van der Waals surface area contributed by atoms with Crippen molar-refractivity contribution in [3.63, 3.8) is 0 Å². The Morgan fingerprint density at radius 2 is 0.859 bits per heavy atom. The maximum Gasteiger partial charge on any atom is 0.300 e. The van der Waals surface area contributed by atoms with E-state index in [0.717, 1.165) is 34.6 Å². The molecular formula is C37H60N10O17. The van der Waals surface area contributed by atoms with Crippen LogP contribution in [0.5, 0.6) is 5.75 Å². The molecule has 9 amide bonds. The summed E-state index contributed by atoms with van der Waals surface area (Å²) in [6, 6.07) is -8.26. The van der Waals surface area contributed by atoms with Gasteiger partial charge in [-0.05, 0) is 52.3 Å². The normalized spacial score (nSPS) is 16.4. The molecule has 0 heterocycles. The van der Waals surface area contributed by atoms with Crippen LogP contribution < -0.4 is 54.4 Å². The van der Waals surface area contributed by atoms with E-state index in [1.807, 2.05) is 0 Å². The fraction of sp³-hybridized carbons (Fsp3) is 0.568. The highest BCUT2D eigenvalue weighted by molar-refractivity contribution is 5.99. The summed E-state index contributed by atoms with van der Waals surface area (Å²) in [6.07, 6.45) is -7.89. The number of hydrogen-bond acceptors (Lipinski definition) is 17. The van der Waals surface area contributed by atoms with Gasteiger partial charge in [0.2, 0.25) is 53.2 Å². The second-order valence-electron chi connectivity index (χ2n) is 14.5. The molecule has 360 valence electrons. The van der Waals surface area contributed by atoms with Gasteiger partial charge in [0.25, 0.3) is 5.97 Å². The van der Waals surface area contributed by atoms with Crippen molar-refractivity contribution in [1.82, 2.24) is 37.2 Å². The van der Waals surface area contributed by atoms with Crippen LogP contribution in [0.1, 0.15) is 53.5 Å². The van der Waals surface area contributed by atoms with Crippen LogP contribution in [-0.2, 0) is 54.4 Å². The summed E-state index contributed by atoms with van der Waals surface area (Å²) in [5, 5.41) is 82.8. The molecule has 0 spiro atoms. The van der Waals surface area contributed by atoms with Crippen molar-refractivity contribution < 1.29 is 83.7 Å². The van der Waals surface area contributed by atoms with Gasteiger partial charge in [-0.25, -0.2) is 0 Å². The van der Waals surface area contributed by atoms with Gasteiger partial charge in [0.05, 0.1) is 43.5 Å². The molecule has 1 rings (SSSR count). The number of rotatable bonds is 24. The van der Waals surface area contributed by atoms with Gasteiger partial charge in [0, 0.05) is 13.3 Å².